The summed E-state index contributed by atoms with van der Waals surface area (Å²) in [5, 5.41) is 3.91. The Bertz CT molecular complexity index is 385. The summed E-state index contributed by atoms with van der Waals surface area (Å²) in [6, 6.07) is 2.90. The van der Waals surface area contributed by atoms with Crippen LogP contribution in [0.25, 0.3) is 0 Å². The van der Waals surface area contributed by atoms with Crippen molar-refractivity contribution < 1.29 is 9.23 Å². The lowest BCUT2D eigenvalue weighted by Gasteiger charge is -2.02. The molecular weight excluding hydrogens is 207 g/mol. The highest BCUT2D eigenvalue weighted by atomic mass is 19.1. The highest BCUT2D eigenvalue weighted by molar-refractivity contribution is 5.97. The second kappa shape index (κ2) is 6.00. The lowest BCUT2D eigenvalue weighted by Crippen LogP contribution is -1.99. The average molecular weight is 222 g/mol. The minimum absolute atomic E-state index is 0.405. The molecule has 0 aliphatic carbocycles. The number of oxime groups is 1. The second-order valence-corrected chi connectivity index (χ2v) is 3.42. The van der Waals surface area contributed by atoms with Gasteiger partial charge in [0.1, 0.15) is 6.61 Å². The number of hydrogen-bond acceptors (Lipinski definition) is 3. The van der Waals surface area contributed by atoms with Gasteiger partial charge in [-0.15, -0.1) is 0 Å². The zero-order valence-corrected chi connectivity index (χ0v) is 9.53. The van der Waals surface area contributed by atoms with Gasteiger partial charge in [0.15, 0.2) is 0 Å². The van der Waals surface area contributed by atoms with Gasteiger partial charge in [0.25, 0.3) is 0 Å². The molecule has 0 radical (unpaired) electrons. The first-order valence-electron chi connectivity index (χ1n) is 5.08. The van der Waals surface area contributed by atoms with Gasteiger partial charge in [-0.2, -0.15) is 4.39 Å². The number of aromatic nitrogens is 1. The summed E-state index contributed by atoms with van der Waals surface area (Å²) in [5.74, 6) is -0.503. The molecule has 16 heavy (non-hydrogen) atoms. The molecule has 0 N–H and O–H groups in total. The standard InChI is InChI=1S/C12H15FN2O/c1-4-9(2)8-16-15-10(3)11-5-6-12(13)14-7-11/h5-7H,2,4,8H2,1,3H3/b15-10+. The molecule has 0 aromatic carbocycles. The Kier molecular flexibility index (Phi) is 4.64. The molecule has 0 saturated carbocycles. The second-order valence-electron chi connectivity index (χ2n) is 3.42. The van der Waals surface area contributed by atoms with Crippen molar-refractivity contribution in [2.24, 2.45) is 5.16 Å². The molecule has 1 rings (SSSR count). The number of rotatable bonds is 5. The van der Waals surface area contributed by atoms with Gasteiger partial charge in [-0.1, -0.05) is 18.7 Å². The Morgan fingerprint density at radius 1 is 1.56 bits per heavy atom. The van der Waals surface area contributed by atoms with Crippen LogP contribution in [0.5, 0.6) is 0 Å². The zero-order chi connectivity index (χ0) is 12.0. The third-order valence-corrected chi connectivity index (χ3v) is 2.12. The minimum atomic E-state index is -0.503. The first-order valence-corrected chi connectivity index (χ1v) is 5.08. The Balaban J connectivity index is 2.56. The van der Waals surface area contributed by atoms with E-state index in [0.717, 1.165) is 17.6 Å². The first kappa shape index (κ1) is 12.4. The van der Waals surface area contributed by atoms with Crippen LogP contribution in [0.2, 0.25) is 0 Å². The van der Waals surface area contributed by atoms with Gasteiger partial charge in [0, 0.05) is 11.8 Å². The summed E-state index contributed by atoms with van der Waals surface area (Å²) in [6.45, 7) is 7.99. The van der Waals surface area contributed by atoms with Crippen molar-refractivity contribution in [1.29, 1.82) is 0 Å². The predicted molar refractivity (Wildman–Crippen MR) is 61.8 cm³/mol. The number of pyridine rings is 1. The lowest BCUT2D eigenvalue weighted by molar-refractivity contribution is 0.166. The van der Waals surface area contributed by atoms with Crippen molar-refractivity contribution >= 4 is 5.71 Å². The predicted octanol–water partition coefficient (Wildman–Crippen LogP) is 2.93. The van der Waals surface area contributed by atoms with Gasteiger partial charge in [0.05, 0.1) is 5.71 Å². The zero-order valence-electron chi connectivity index (χ0n) is 9.53. The van der Waals surface area contributed by atoms with Crippen LogP contribution in [-0.2, 0) is 4.84 Å². The van der Waals surface area contributed by atoms with E-state index in [9.17, 15) is 4.39 Å². The maximum absolute atomic E-state index is 12.6. The van der Waals surface area contributed by atoms with E-state index >= 15 is 0 Å². The third-order valence-electron chi connectivity index (χ3n) is 2.12. The fourth-order valence-corrected chi connectivity index (χ4v) is 0.965. The molecule has 4 heteroatoms. The van der Waals surface area contributed by atoms with E-state index in [4.69, 9.17) is 4.84 Å². The molecule has 1 heterocycles. The smallest absolute Gasteiger partial charge is 0.212 e. The Morgan fingerprint density at radius 2 is 2.31 bits per heavy atom. The van der Waals surface area contributed by atoms with Crippen molar-refractivity contribution in [2.75, 3.05) is 6.61 Å². The lowest BCUT2D eigenvalue weighted by atomic mass is 10.2. The summed E-state index contributed by atoms with van der Waals surface area (Å²) in [6.07, 6.45) is 2.29. The van der Waals surface area contributed by atoms with Crippen LogP contribution < -0.4 is 0 Å². The van der Waals surface area contributed by atoms with Crippen LogP contribution in [0.1, 0.15) is 25.8 Å². The normalized spacial score (nSPS) is 11.3. The van der Waals surface area contributed by atoms with E-state index < -0.39 is 5.95 Å². The number of nitrogens with zero attached hydrogens (tertiary/aromatic N) is 2. The van der Waals surface area contributed by atoms with Gasteiger partial charge in [-0.25, -0.2) is 4.98 Å². The summed E-state index contributed by atoms with van der Waals surface area (Å²) in [7, 11) is 0. The molecule has 0 aliphatic heterocycles. The number of halogens is 1. The monoisotopic (exact) mass is 222 g/mol. The summed E-state index contributed by atoms with van der Waals surface area (Å²) < 4.78 is 12.6. The molecule has 3 nitrogen and oxygen atoms in total. The van der Waals surface area contributed by atoms with Gasteiger partial charge in [-0.3, -0.25) is 0 Å². The van der Waals surface area contributed by atoms with Gasteiger partial charge < -0.3 is 4.84 Å². The van der Waals surface area contributed by atoms with Gasteiger partial charge >= 0.3 is 0 Å². The molecule has 0 unspecified atom stereocenters. The van der Waals surface area contributed by atoms with Crippen LogP contribution in [0.15, 0.2) is 35.6 Å². The van der Waals surface area contributed by atoms with Gasteiger partial charge in [0.2, 0.25) is 5.95 Å². The molecule has 86 valence electrons. The summed E-state index contributed by atoms with van der Waals surface area (Å²) in [5.41, 5.74) is 2.38. The van der Waals surface area contributed by atoms with Crippen molar-refractivity contribution in [3.05, 3.63) is 42.0 Å². The largest absolute Gasteiger partial charge is 0.391 e. The maximum atomic E-state index is 12.6. The Hall–Kier alpha value is -1.71. The van der Waals surface area contributed by atoms with Gasteiger partial charge in [-0.05, 0) is 31.1 Å². The van der Waals surface area contributed by atoms with Crippen LogP contribution >= 0.6 is 0 Å². The molecule has 1 aromatic heterocycles. The minimum Gasteiger partial charge on any atom is -0.391 e. The quantitative estimate of drug-likeness (QED) is 0.332. The molecule has 0 aliphatic rings. The third kappa shape index (κ3) is 3.81. The summed E-state index contributed by atoms with van der Waals surface area (Å²) >= 11 is 0. The van der Waals surface area contributed by atoms with Crippen LogP contribution in [-0.4, -0.2) is 17.3 Å². The Labute approximate surface area is 94.6 Å². The van der Waals surface area contributed by atoms with Crippen molar-refractivity contribution in [1.82, 2.24) is 4.98 Å². The average Bonchev–Trinajstić information content (AvgIpc) is 2.29. The van der Waals surface area contributed by atoms with E-state index in [0.29, 0.717) is 12.3 Å². The highest BCUT2D eigenvalue weighted by Crippen LogP contribution is 2.03. The molecule has 0 atom stereocenters. The summed E-state index contributed by atoms with van der Waals surface area (Å²) in [4.78, 5) is 8.64. The first-order chi connectivity index (χ1) is 7.63. The van der Waals surface area contributed by atoms with Crippen LogP contribution in [0.4, 0.5) is 4.39 Å². The Morgan fingerprint density at radius 3 is 2.88 bits per heavy atom. The van der Waals surface area contributed by atoms with Crippen molar-refractivity contribution in [2.45, 2.75) is 20.3 Å². The maximum Gasteiger partial charge on any atom is 0.212 e. The molecular formula is C12H15FN2O. The van der Waals surface area contributed by atoms with E-state index in [2.05, 4.69) is 16.7 Å². The van der Waals surface area contributed by atoms with Crippen LogP contribution in [0.3, 0.4) is 0 Å². The molecule has 0 bridgehead atoms. The molecule has 0 saturated heterocycles. The van der Waals surface area contributed by atoms with E-state index in [-0.39, 0.29) is 0 Å². The fraction of sp³-hybridized carbons (Fsp3) is 0.333. The van der Waals surface area contributed by atoms with Crippen molar-refractivity contribution in [3.63, 3.8) is 0 Å². The van der Waals surface area contributed by atoms with Crippen molar-refractivity contribution in [3.8, 4) is 0 Å². The molecule has 0 spiro atoms. The number of hydrogen-bond donors (Lipinski definition) is 0. The topological polar surface area (TPSA) is 34.5 Å². The SMILES string of the molecule is C=C(CC)CO/N=C(\C)c1ccc(F)nc1. The van der Waals surface area contributed by atoms with E-state index in [1.54, 1.807) is 13.0 Å². The highest BCUT2D eigenvalue weighted by Gasteiger charge is 1.99. The molecule has 0 fully saturated rings. The van der Waals surface area contributed by atoms with E-state index in [1.807, 2.05) is 6.92 Å². The molecule has 0 amide bonds. The fourth-order valence-electron chi connectivity index (χ4n) is 0.965. The molecule has 1 aromatic rings. The van der Waals surface area contributed by atoms with E-state index in [1.165, 1.54) is 12.3 Å². The van der Waals surface area contributed by atoms with Crippen LogP contribution in [0, 0.1) is 5.95 Å².